The minimum atomic E-state index is -0.301. The van der Waals surface area contributed by atoms with Crippen molar-refractivity contribution in [3.8, 4) is 5.75 Å². The first-order valence-electron chi connectivity index (χ1n) is 7.10. The van der Waals surface area contributed by atoms with Crippen LogP contribution >= 0.6 is 11.3 Å². The van der Waals surface area contributed by atoms with Crippen molar-refractivity contribution in [1.82, 2.24) is 10.2 Å². The second-order valence-corrected chi connectivity index (χ2v) is 5.92. The molecule has 3 rings (SSSR count). The number of piperazine rings is 1. The summed E-state index contributed by atoms with van der Waals surface area (Å²) in [5, 5.41) is 7.58. The van der Waals surface area contributed by atoms with Crippen LogP contribution in [-0.4, -0.2) is 38.2 Å². The molecule has 2 heterocycles. The molecule has 1 N–H and O–H groups in total. The van der Waals surface area contributed by atoms with E-state index in [9.17, 15) is 4.39 Å². The molecule has 0 spiro atoms. The second-order valence-electron chi connectivity index (χ2n) is 5.14. The van der Waals surface area contributed by atoms with Crippen molar-refractivity contribution >= 4 is 11.3 Å². The van der Waals surface area contributed by atoms with Crippen LogP contribution < -0.4 is 10.1 Å². The van der Waals surface area contributed by atoms with E-state index in [1.54, 1.807) is 23.5 Å². The quantitative estimate of drug-likeness (QED) is 0.940. The summed E-state index contributed by atoms with van der Waals surface area (Å²) in [7, 11) is 1.49. The normalized spacial score (nSPS) is 17.6. The maximum atomic E-state index is 14.1. The monoisotopic (exact) mass is 306 g/mol. The van der Waals surface area contributed by atoms with Gasteiger partial charge < -0.3 is 10.1 Å². The Labute approximate surface area is 128 Å². The van der Waals surface area contributed by atoms with Gasteiger partial charge in [0.15, 0.2) is 11.6 Å². The summed E-state index contributed by atoms with van der Waals surface area (Å²) in [4.78, 5) is 2.40. The molecule has 5 heteroatoms. The highest BCUT2D eigenvalue weighted by Gasteiger charge is 2.25. The number of nitrogens with zero attached hydrogens (tertiary/aromatic N) is 1. The number of nitrogens with one attached hydrogen (secondary N) is 1. The van der Waals surface area contributed by atoms with Gasteiger partial charge in [-0.05, 0) is 40.1 Å². The third-order valence-electron chi connectivity index (χ3n) is 3.87. The van der Waals surface area contributed by atoms with E-state index < -0.39 is 0 Å². The summed E-state index contributed by atoms with van der Waals surface area (Å²) >= 11 is 1.68. The molecule has 1 saturated heterocycles. The van der Waals surface area contributed by atoms with Gasteiger partial charge in [-0.2, -0.15) is 11.3 Å². The van der Waals surface area contributed by atoms with Crippen LogP contribution in [0.3, 0.4) is 0 Å². The summed E-state index contributed by atoms with van der Waals surface area (Å²) < 4.78 is 19.1. The van der Waals surface area contributed by atoms with Crippen molar-refractivity contribution in [3.63, 3.8) is 0 Å². The van der Waals surface area contributed by atoms with Gasteiger partial charge in [0.2, 0.25) is 0 Å². The number of halogens is 1. The maximum Gasteiger partial charge on any atom is 0.165 e. The molecule has 1 fully saturated rings. The van der Waals surface area contributed by atoms with E-state index in [-0.39, 0.29) is 11.9 Å². The van der Waals surface area contributed by atoms with Crippen LogP contribution in [0.1, 0.15) is 17.2 Å². The first-order chi connectivity index (χ1) is 10.3. The number of hydrogen-bond acceptors (Lipinski definition) is 4. The van der Waals surface area contributed by atoms with E-state index in [4.69, 9.17) is 4.74 Å². The number of benzene rings is 1. The highest BCUT2D eigenvalue weighted by atomic mass is 32.1. The molecule has 0 unspecified atom stereocenters. The van der Waals surface area contributed by atoms with Crippen LogP contribution in [0.4, 0.5) is 4.39 Å². The fourth-order valence-corrected chi connectivity index (χ4v) is 3.52. The number of methoxy groups -OCH3 is 1. The zero-order valence-electron chi connectivity index (χ0n) is 12.0. The minimum Gasteiger partial charge on any atom is -0.494 e. The van der Waals surface area contributed by atoms with Gasteiger partial charge in [-0.1, -0.05) is 6.07 Å². The highest BCUT2D eigenvalue weighted by Crippen LogP contribution is 2.32. The summed E-state index contributed by atoms with van der Waals surface area (Å²) in [6, 6.07) is 7.51. The Morgan fingerprint density at radius 3 is 2.67 bits per heavy atom. The van der Waals surface area contributed by atoms with E-state index in [0.717, 1.165) is 31.7 Å². The van der Waals surface area contributed by atoms with Crippen LogP contribution in [0.2, 0.25) is 0 Å². The van der Waals surface area contributed by atoms with Crippen LogP contribution in [0.5, 0.6) is 5.75 Å². The number of rotatable bonds is 4. The summed E-state index contributed by atoms with van der Waals surface area (Å²) in [5.41, 5.74) is 2.21. The lowest BCUT2D eigenvalue weighted by molar-refractivity contribution is 0.198. The Morgan fingerprint density at radius 1 is 1.24 bits per heavy atom. The van der Waals surface area contributed by atoms with E-state index in [0.29, 0.717) is 5.75 Å². The fraction of sp³-hybridized carbons (Fsp3) is 0.375. The third kappa shape index (κ3) is 3.10. The van der Waals surface area contributed by atoms with Gasteiger partial charge >= 0.3 is 0 Å². The molecule has 0 aliphatic carbocycles. The predicted octanol–water partition coefficient (Wildman–Crippen LogP) is 2.89. The third-order valence-corrected chi connectivity index (χ3v) is 4.57. The molecule has 1 aromatic carbocycles. The Bertz CT molecular complexity index is 582. The van der Waals surface area contributed by atoms with Crippen LogP contribution in [0.25, 0.3) is 0 Å². The molecule has 1 aliphatic rings. The van der Waals surface area contributed by atoms with Crippen molar-refractivity contribution in [1.29, 1.82) is 0 Å². The molecule has 0 bridgehead atoms. The summed E-state index contributed by atoms with van der Waals surface area (Å²) in [6.07, 6.45) is 0. The molecule has 112 valence electrons. The lowest BCUT2D eigenvalue weighted by Gasteiger charge is -2.35. The van der Waals surface area contributed by atoms with Crippen molar-refractivity contribution in [2.45, 2.75) is 6.04 Å². The first-order valence-corrected chi connectivity index (χ1v) is 8.04. The topological polar surface area (TPSA) is 24.5 Å². The first kappa shape index (κ1) is 14.5. The van der Waals surface area contributed by atoms with Gasteiger partial charge in [-0.15, -0.1) is 0 Å². The standard InChI is InChI=1S/C16H19FN2OS/c1-20-15-3-2-12(10-14(15)17)16(13-4-9-21-11-13)19-7-5-18-6-8-19/h2-4,9-11,16,18H,5-8H2,1H3/t16-/m0/s1. The van der Waals surface area contributed by atoms with E-state index >= 15 is 0 Å². The molecular weight excluding hydrogens is 287 g/mol. The fourth-order valence-electron chi connectivity index (χ4n) is 2.84. The molecule has 1 atom stereocenters. The Hall–Kier alpha value is -1.43. The molecule has 2 aromatic rings. The van der Waals surface area contributed by atoms with Crippen LogP contribution in [0, 0.1) is 5.82 Å². The SMILES string of the molecule is COc1ccc([C@@H](c2ccsc2)N2CCNCC2)cc1F. The smallest absolute Gasteiger partial charge is 0.165 e. The average molecular weight is 306 g/mol. The largest absolute Gasteiger partial charge is 0.494 e. The molecule has 0 radical (unpaired) electrons. The molecule has 0 saturated carbocycles. The van der Waals surface area contributed by atoms with Gasteiger partial charge in [0.25, 0.3) is 0 Å². The van der Waals surface area contributed by atoms with Crippen molar-refractivity contribution in [2.75, 3.05) is 33.3 Å². The Kier molecular flexibility index (Phi) is 4.53. The number of thiophene rings is 1. The second kappa shape index (κ2) is 6.56. The van der Waals surface area contributed by atoms with Crippen molar-refractivity contribution < 1.29 is 9.13 Å². The summed E-state index contributed by atoms with van der Waals surface area (Å²) in [6.45, 7) is 3.88. The highest BCUT2D eigenvalue weighted by molar-refractivity contribution is 7.08. The summed E-state index contributed by atoms with van der Waals surface area (Å²) in [5.74, 6) is -0.00602. The predicted molar refractivity (Wildman–Crippen MR) is 83.6 cm³/mol. The van der Waals surface area contributed by atoms with E-state index in [1.165, 1.54) is 12.7 Å². The lowest BCUT2D eigenvalue weighted by atomic mass is 9.98. The van der Waals surface area contributed by atoms with Crippen LogP contribution in [0.15, 0.2) is 35.0 Å². The lowest BCUT2D eigenvalue weighted by Crippen LogP contribution is -2.45. The zero-order chi connectivity index (χ0) is 14.7. The van der Waals surface area contributed by atoms with Gasteiger partial charge in [0.1, 0.15) is 0 Å². The Morgan fingerprint density at radius 2 is 2.05 bits per heavy atom. The molecule has 21 heavy (non-hydrogen) atoms. The van der Waals surface area contributed by atoms with Gasteiger partial charge in [-0.25, -0.2) is 4.39 Å². The molecule has 0 amide bonds. The average Bonchev–Trinajstić information content (AvgIpc) is 3.03. The molecule has 1 aliphatic heterocycles. The molecular formula is C16H19FN2OS. The van der Waals surface area contributed by atoms with Crippen molar-refractivity contribution in [3.05, 3.63) is 52.0 Å². The molecule has 1 aromatic heterocycles. The van der Waals surface area contributed by atoms with Crippen LogP contribution in [-0.2, 0) is 0 Å². The number of hydrogen-bond donors (Lipinski definition) is 1. The van der Waals surface area contributed by atoms with E-state index in [2.05, 4.69) is 27.0 Å². The number of ether oxygens (including phenoxy) is 1. The van der Waals surface area contributed by atoms with Gasteiger partial charge in [-0.3, -0.25) is 4.90 Å². The maximum absolute atomic E-state index is 14.1. The zero-order valence-corrected chi connectivity index (χ0v) is 12.8. The van der Waals surface area contributed by atoms with Crippen molar-refractivity contribution in [2.24, 2.45) is 0 Å². The minimum absolute atomic E-state index is 0.110. The molecule has 3 nitrogen and oxygen atoms in total. The van der Waals surface area contributed by atoms with Gasteiger partial charge in [0, 0.05) is 26.2 Å². The Balaban J connectivity index is 1.96. The van der Waals surface area contributed by atoms with E-state index in [1.807, 2.05) is 6.07 Å². The van der Waals surface area contributed by atoms with Gasteiger partial charge in [0.05, 0.1) is 13.2 Å².